The van der Waals surface area contributed by atoms with Crippen molar-refractivity contribution in [1.82, 2.24) is 19.7 Å². The van der Waals surface area contributed by atoms with Crippen molar-refractivity contribution >= 4 is 16.8 Å². The average Bonchev–Trinajstić information content (AvgIpc) is 3.00. The third-order valence-corrected chi connectivity index (χ3v) is 4.29. The monoisotopic (exact) mass is 308 g/mol. The van der Waals surface area contributed by atoms with Gasteiger partial charge >= 0.3 is 0 Å². The molecule has 1 N–H and O–H groups in total. The van der Waals surface area contributed by atoms with Gasteiger partial charge in [-0.3, -0.25) is 9.59 Å². The molecule has 0 aliphatic carbocycles. The number of amides is 1. The number of hydrogen-bond donors (Lipinski definition) is 1. The summed E-state index contributed by atoms with van der Waals surface area (Å²) in [7, 11) is 0. The van der Waals surface area contributed by atoms with Crippen molar-refractivity contribution in [1.29, 1.82) is 0 Å². The summed E-state index contributed by atoms with van der Waals surface area (Å²) in [4.78, 5) is 29.2. The molecule has 1 saturated heterocycles. The molecule has 1 aromatic carbocycles. The number of aromatic amines is 1. The highest BCUT2D eigenvalue weighted by atomic mass is 16.2. The van der Waals surface area contributed by atoms with E-state index < -0.39 is 0 Å². The normalized spacial score (nSPS) is 14.9. The van der Waals surface area contributed by atoms with Crippen LogP contribution >= 0.6 is 0 Å². The predicted molar refractivity (Wildman–Crippen MR) is 86.2 cm³/mol. The molecule has 1 fully saturated rings. The fourth-order valence-electron chi connectivity index (χ4n) is 3.06. The lowest BCUT2D eigenvalue weighted by molar-refractivity contribution is 0.0460. The number of carbonyl (C=O) groups is 1. The van der Waals surface area contributed by atoms with Crippen LogP contribution in [0.4, 0.5) is 0 Å². The number of nitrogens with zero attached hydrogens (tertiary/aromatic N) is 3. The maximum Gasteiger partial charge on any atom is 0.266 e. The molecule has 1 amide bonds. The quantitative estimate of drug-likeness (QED) is 0.797. The maximum atomic E-state index is 12.6. The number of aromatic nitrogens is 3. The summed E-state index contributed by atoms with van der Waals surface area (Å²) in [5, 5.41) is 5.00. The third-order valence-electron chi connectivity index (χ3n) is 4.29. The van der Waals surface area contributed by atoms with Gasteiger partial charge < -0.3 is 9.88 Å². The molecule has 0 unspecified atom stereocenters. The molecule has 0 radical (unpaired) electrons. The Labute approximate surface area is 132 Å². The summed E-state index contributed by atoms with van der Waals surface area (Å²) in [5.41, 5.74) is 1.58. The molecule has 4 rings (SSSR count). The van der Waals surface area contributed by atoms with Crippen LogP contribution in [0.1, 0.15) is 10.4 Å². The molecule has 1 aliphatic heterocycles. The van der Waals surface area contributed by atoms with Crippen molar-refractivity contribution in [2.45, 2.75) is 6.54 Å². The fraction of sp³-hybridized carbons (Fsp3) is 0.235. The number of benzene rings is 1. The lowest BCUT2D eigenvalue weighted by Crippen LogP contribution is -2.52. The van der Waals surface area contributed by atoms with Crippen LogP contribution in [0, 0.1) is 5.92 Å². The number of H-pyrrole nitrogens is 1. The van der Waals surface area contributed by atoms with Crippen LogP contribution in [0.25, 0.3) is 10.9 Å². The molecular weight excluding hydrogens is 292 g/mol. The van der Waals surface area contributed by atoms with Crippen molar-refractivity contribution in [2.24, 2.45) is 5.92 Å². The number of hydrogen-bond acceptors (Lipinski definition) is 3. The molecule has 0 bridgehead atoms. The Morgan fingerprint density at radius 2 is 2.09 bits per heavy atom. The summed E-state index contributed by atoms with van der Waals surface area (Å²) in [6, 6.07) is 10.8. The minimum atomic E-state index is -0.102. The largest absolute Gasteiger partial charge is 0.361 e. The minimum Gasteiger partial charge on any atom is -0.361 e. The lowest BCUT2D eigenvalue weighted by atomic mass is 9.98. The molecule has 0 saturated carbocycles. The van der Waals surface area contributed by atoms with Crippen molar-refractivity contribution in [3.05, 3.63) is 64.7 Å². The molecule has 1 aliphatic rings. The van der Waals surface area contributed by atoms with E-state index >= 15 is 0 Å². The first-order valence-electron chi connectivity index (χ1n) is 7.60. The van der Waals surface area contributed by atoms with E-state index in [0.29, 0.717) is 19.6 Å². The standard InChI is InChI=1S/C17H16N4O2/c22-16-5-2-7-19-21(16)11-12-9-20(10-12)17(23)14-3-1-4-15-13(14)6-8-18-15/h1-8,12,18H,9-11H2. The van der Waals surface area contributed by atoms with Crippen LogP contribution in [0.3, 0.4) is 0 Å². The Kier molecular flexibility index (Phi) is 3.22. The molecule has 6 heteroatoms. The smallest absolute Gasteiger partial charge is 0.266 e. The highest BCUT2D eigenvalue weighted by molar-refractivity contribution is 6.06. The molecule has 116 valence electrons. The topological polar surface area (TPSA) is 71.0 Å². The summed E-state index contributed by atoms with van der Waals surface area (Å²) in [6.45, 7) is 1.86. The van der Waals surface area contributed by atoms with Gasteiger partial charge in [0.05, 0.1) is 6.54 Å². The zero-order valence-corrected chi connectivity index (χ0v) is 12.5. The van der Waals surface area contributed by atoms with Crippen molar-refractivity contribution in [3.8, 4) is 0 Å². The highest BCUT2D eigenvalue weighted by Crippen LogP contribution is 2.24. The first-order chi connectivity index (χ1) is 11.2. The van der Waals surface area contributed by atoms with Crippen molar-refractivity contribution < 1.29 is 4.79 Å². The molecule has 6 nitrogen and oxygen atoms in total. The maximum absolute atomic E-state index is 12.6. The second-order valence-electron chi connectivity index (χ2n) is 5.86. The Morgan fingerprint density at radius 1 is 1.22 bits per heavy atom. The summed E-state index contributed by atoms with van der Waals surface area (Å²) in [6.07, 6.45) is 3.45. The van der Waals surface area contributed by atoms with E-state index in [1.807, 2.05) is 35.4 Å². The predicted octanol–water partition coefficient (Wildman–Crippen LogP) is 1.50. The molecule has 3 aromatic rings. The number of likely N-dealkylation sites (tertiary alicyclic amines) is 1. The van der Waals surface area contributed by atoms with Gasteiger partial charge in [-0.2, -0.15) is 5.10 Å². The second kappa shape index (κ2) is 5.39. The first kappa shape index (κ1) is 13.8. The Bertz CT molecular complexity index is 921. The molecule has 3 heterocycles. The third kappa shape index (κ3) is 2.42. The van der Waals surface area contributed by atoms with Gasteiger partial charge in [-0.1, -0.05) is 6.07 Å². The molecule has 0 spiro atoms. The van der Waals surface area contributed by atoms with Crippen molar-refractivity contribution in [3.63, 3.8) is 0 Å². The average molecular weight is 308 g/mol. The Morgan fingerprint density at radius 3 is 2.91 bits per heavy atom. The van der Waals surface area contributed by atoms with Gasteiger partial charge in [-0.05, 0) is 24.3 Å². The van der Waals surface area contributed by atoms with E-state index in [1.165, 1.54) is 10.7 Å². The fourth-order valence-corrected chi connectivity index (χ4v) is 3.06. The molecule has 23 heavy (non-hydrogen) atoms. The summed E-state index contributed by atoms with van der Waals surface area (Å²) < 4.78 is 1.46. The van der Waals surface area contributed by atoms with Crippen LogP contribution in [0.2, 0.25) is 0 Å². The number of carbonyl (C=O) groups excluding carboxylic acids is 1. The SMILES string of the molecule is O=C(c1cccc2[nH]ccc12)N1CC(Cn2ncccc2=O)C1. The lowest BCUT2D eigenvalue weighted by Gasteiger charge is -2.39. The van der Waals surface area contributed by atoms with E-state index in [4.69, 9.17) is 0 Å². The van der Waals surface area contributed by atoms with Gasteiger partial charge in [0.15, 0.2) is 0 Å². The highest BCUT2D eigenvalue weighted by Gasteiger charge is 2.32. The Balaban J connectivity index is 1.46. The van der Waals surface area contributed by atoms with E-state index in [2.05, 4.69) is 10.1 Å². The van der Waals surface area contributed by atoms with Gasteiger partial charge in [0.25, 0.3) is 11.5 Å². The van der Waals surface area contributed by atoms with Gasteiger partial charge in [0.1, 0.15) is 0 Å². The van der Waals surface area contributed by atoms with E-state index in [9.17, 15) is 9.59 Å². The number of nitrogens with one attached hydrogen (secondary N) is 1. The van der Waals surface area contributed by atoms with Crippen LogP contribution in [-0.4, -0.2) is 38.7 Å². The minimum absolute atomic E-state index is 0.0415. The van der Waals surface area contributed by atoms with Gasteiger partial charge in [0, 0.05) is 53.9 Å². The zero-order valence-electron chi connectivity index (χ0n) is 12.5. The van der Waals surface area contributed by atoms with Crippen molar-refractivity contribution in [2.75, 3.05) is 13.1 Å². The number of fused-ring (bicyclic) bond motifs is 1. The van der Waals surface area contributed by atoms with Crippen LogP contribution in [0.5, 0.6) is 0 Å². The van der Waals surface area contributed by atoms with E-state index in [-0.39, 0.29) is 17.4 Å². The molecular formula is C17H16N4O2. The molecule has 0 atom stereocenters. The van der Waals surface area contributed by atoms with Crippen LogP contribution in [-0.2, 0) is 6.54 Å². The van der Waals surface area contributed by atoms with Gasteiger partial charge in [-0.25, -0.2) is 4.68 Å². The summed E-state index contributed by atoms with van der Waals surface area (Å²) in [5.74, 6) is 0.316. The van der Waals surface area contributed by atoms with Gasteiger partial charge in [0.2, 0.25) is 0 Å². The second-order valence-corrected chi connectivity index (χ2v) is 5.86. The van der Waals surface area contributed by atoms with Crippen LogP contribution < -0.4 is 5.56 Å². The van der Waals surface area contributed by atoms with Crippen LogP contribution in [0.15, 0.2) is 53.6 Å². The van der Waals surface area contributed by atoms with E-state index in [1.54, 1.807) is 12.3 Å². The summed E-state index contributed by atoms with van der Waals surface area (Å²) >= 11 is 0. The Hall–Kier alpha value is -2.89. The van der Waals surface area contributed by atoms with E-state index in [0.717, 1.165) is 16.5 Å². The molecule has 2 aromatic heterocycles. The number of rotatable bonds is 3. The van der Waals surface area contributed by atoms with Gasteiger partial charge in [-0.15, -0.1) is 0 Å². The zero-order chi connectivity index (χ0) is 15.8. The first-order valence-corrected chi connectivity index (χ1v) is 7.60.